The maximum Gasteiger partial charge on any atom is 0.324 e. The second kappa shape index (κ2) is 5.03. The molecule has 0 saturated carbocycles. The molecular weight excluding hydrogens is 198 g/mol. The van der Waals surface area contributed by atoms with E-state index < -0.39 is 0 Å². The van der Waals surface area contributed by atoms with Crippen LogP contribution in [0.2, 0.25) is 0 Å². The molecule has 0 bridgehead atoms. The lowest BCUT2D eigenvalue weighted by Crippen LogP contribution is -2.57. The van der Waals surface area contributed by atoms with Crippen LogP contribution in [0.3, 0.4) is 0 Å². The van der Waals surface area contributed by atoms with Gasteiger partial charge in [0.25, 0.3) is 0 Å². The smallest absolute Gasteiger partial charge is 0.324 e. The number of thioether (sulfide) groups is 1. The van der Waals surface area contributed by atoms with E-state index in [4.69, 9.17) is 4.74 Å². The molecule has 0 aromatic heterocycles. The summed E-state index contributed by atoms with van der Waals surface area (Å²) in [5, 5.41) is 3.27. The first-order valence-electron chi connectivity index (χ1n) is 5.15. The lowest BCUT2D eigenvalue weighted by molar-refractivity contribution is -0.144. The second-order valence-electron chi connectivity index (χ2n) is 3.53. The van der Waals surface area contributed by atoms with E-state index in [1.807, 2.05) is 11.8 Å². The van der Waals surface area contributed by atoms with Gasteiger partial charge in [-0.15, -0.1) is 0 Å². The summed E-state index contributed by atoms with van der Waals surface area (Å²) in [4.78, 5) is 11.6. The van der Waals surface area contributed by atoms with Crippen molar-refractivity contribution < 1.29 is 9.53 Å². The third-order valence-corrected chi connectivity index (χ3v) is 4.80. The third-order valence-electron chi connectivity index (χ3n) is 3.00. The predicted molar refractivity (Wildman–Crippen MR) is 59.6 cm³/mol. The maximum absolute atomic E-state index is 11.6. The standard InChI is InChI=1S/C10H19NO2S/c1-4-10(5-2)8(9(12)13-3)11-6-7-14-10/h8,11H,4-7H2,1-3H3. The van der Waals surface area contributed by atoms with Crippen molar-refractivity contribution in [3.05, 3.63) is 0 Å². The van der Waals surface area contributed by atoms with E-state index in [9.17, 15) is 4.79 Å². The Bertz CT molecular complexity index is 204. The first-order chi connectivity index (χ1) is 6.70. The number of hydrogen-bond acceptors (Lipinski definition) is 4. The van der Waals surface area contributed by atoms with Crippen LogP contribution >= 0.6 is 11.8 Å². The number of esters is 1. The lowest BCUT2D eigenvalue weighted by atomic mass is 9.92. The first kappa shape index (κ1) is 11.9. The highest BCUT2D eigenvalue weighted by molar-refractivity contribution is 8.00. The van der Waals surface area contributed by atoms with E-state index in [0.29, 0.717) is 0 Å². The molecule has 0 radical (unpaired) electrons. The van der Waals surface area contributed by atoms with Crippen LogP contribution in [0.25, 0.3) is 0 Å². The highest BCUT2D eigenvalue weighted by Crippen LogP contribution is 2.38. The molecule has 82 valence electrons. The molecule has 1 aliphatic rings. The van der Waals surface area contributed by atoms with Crippen LogP contribution < -0.4 is 5.32 Å². The Balaban J connectivity index is 2.81. The fourth-order valence-electron chi connectivity index (χ4n) is 2.01. The summed E-state index contributed by atoms with van der Waals surface area (Å²) in [6.45, 7) is 5.17. The van der Waals surface area contributed by atoms with Crippen LogP contribution in [0, 0.1) is 0 Å². The molecule has 3 nitrogen and oxygen atoms in total. The quantitative estimate of drug-likeness (QED) is 0.726. The summed E-state index contributed by atoms with van der Waals surface area (Å²) < 4.78 is 4.87. The predicted octanol–water partition coefficient (Wildman–Crippen LogP) is 1.42. The average molecular weight is 217 g/mol. The topological polar surface area (TPSA) is 38.3 Å². The van der Waals surface area contributed by atoms with Crippen LogP contribution in [0.4, 0.5) is 0 Å². The van der Waals surface area contributed by atoms with Gasteiger partial charge in [-0.1, -0.05) is 13.8 Å². The Kier molecular flexibility index (Phi) is 4.26. The van der Waals surface area contributed by atoms with Crippen molar-refractivity contribution in [3.8, 4) is 0 Å². The van der Waals surface area contributed by atoms with Crippen LogP contribution in [0.5, 0.6) is 0 Å². The largest absolute Gasteiger partial charge is 0.468 e. The van der Waals surface area contributed by atoms with E-state index in [1.165, 1.54) is 7.11 Å². The van der Waals surface area contributed by atoms with Crippen LogP contribution in [-0.4, -0.2) is 36.2 Å². The molecule has 0 aromatic carbocycles. The number of nitrogens with one attached hydrogen (secondary N) is 1. The number of carbonyl (C=O) groups excluding carboxylic acids is 1. The first-order valence-corrected chi connectivity index (χ1v) is 6.14. The van der Waals surface area contributed by atoms with E-state index in [2.05, 4.69) is 19.2 Å². The Labute approximate surface area is 90.0 Å². The van der Waals surface area contributed by atoms with Crippen LogP contribution in [0.15, 0.2) is 0 Å². The zero-order chi connectivity index (χ0) is 10.6. The van der Waals surface area contributed by atoms with Crippen molar-refractivity contribution in [2.24, 2.45) is 0 Å². The van der Waals surface area contributed by atoms with Gasteiger partial charge in [-0.3, -0.25) is 4.79 Å². The third kappa shape index (κ3) is 2.06. The Morgan fingerprint density at radius 1 is 1.57 bits per heavy atom. The van der Waals surface area contributed by atoms with Gasteiger partial charge in [-0.25, -0.2) is 0 Å². The zero-order valence-corrected chi connectivity index (χ0v) is 9.95. The monoisotopic (exact) mass is 217 g/mol. The molecule has 4 heteroatoms. The van der Waals surface area contributed by atoms with Gasteiger partial charge in [0.05, 0.1) is 7.11 Å². The molecular formula is C10H19NO2S. The SMILES string of the molecule is CCC1(CC)SCCNC1C(=O)OC. The normalized spacial score (nSPS) is 25.8. The van der Waals surface area contributed by atoms with Crippen LogP contribution in [0.1, 0.15) is 26.7 Å². The van der Waals surface area contributed by atoms with Gasteiger partial charge in [0.15, 0.2) is 0 Å². The fraction of sp³-hybridized carbons (Fsp3) is 0.900. The Morgan fingerprint density at radius 2 is 2.21 bits per heavy atom. The van der Waals surface area contributed by atoms with Crippen molar-refractivity contribution in [1.29, 1.82) is 0 Å². The van der Waals surface area contributed by atoms with Crippen molar-refractivity contribution >= 4 is 17.7 Å². The van der Waals surface area contributed by atoms with Gasteiger partial charge in [-0.2, -0.15) is 11.8 Å². The molecule has 1 unspecified atom stereocenters. The van der Waals surface area contributed by atoms with Gasteiger partial charge in [0.1, 0.15) is 6.04 Å². The molecule has 0 aliphatic carbocycles. The molecule has 14 heavy (non-hydrogen) atoms. The zero-order valence-electron chi connectivity index (χ0n) is 9.13. The molecule has 1 saturated heterocycles. The summed E-state index contributed by atoms with van der Waals surface area (Å²) in [5.74, 6) is 0.954. The van der Waals surface area contributed by atoms with E-state index in [1.54, 1.807) is 0 Å². The Hall–Kier alpha value is -0.220. The van der Waals surface area contributed by atoms with Crippen molar-refractivity contribution in [1.82, 2.24) is 5.32 Å². The molecule has 1 heterocycles. The van der Waals surface area contributed by atoms with E-state index >= 15 is 0 Å². The summed E-state index contributed by atoms with van der Waals surface area (Å²) in [6.07, 6.45) is 2.00. The number of methoxy groups -OCH3 is 1. The molecule has 1 rings (SSSR count). The number of ether oxygens (including phenoxy) is 1. The molecule has 0 spiro atoms. The Morgan fingerprint density at radius 3 is 2.71 bits per heavy atom. The van der Waals surface area contributed by atoms with Gasteiger partial charge in [-0.05, 0) is 12.8 Å². The van der Waals surface area contributed by atoms with Crippen molar-refractivity contribution in [2.45, 2.75) is 37.5 Å². The van der Waals surface area contributed by atoms with Gasteiger partial charge in [0, 0.05) is 17.0 Å². The molecule has 1 atom stereocenters. The van der Waals surface area contributed by atoms with E-state index in [-0.39, 0.29) is 16.8 Å². The highest BCUT2D eigenvalue weighted by Gasteiger charge is 2.43. The van der Waals surface area contributed by atoms with Crippen molar-refractivity contribution in [2.75, 3.05) is 19.4 Å². The lowest BCUT2D eigenvalue weighted by Gasteiger charge is -2.41. The van der Waals surface area contributed by atoms with Gasteiger partial charge < -0.3 is 10.1 Å². The minimum atomic E-state index is -0.138. The minimum absolute atomic E-state index is 0.0331. The van der Waals surface area contributed by atoms with E-state index in [0.717, 1.165) is 25.1 Å². The second-order valence-corrected chi connectivity index (χ2v) is 5.04. The molecule has 0 amide bonds. The number of hydrogen-bond donors (Lipinski definition) is 1. The summed E-state index contributed by atoms with van der Waals surface area (Å²) >= 11 is 1.90. The molecule has 1 fully saturated rings. The molecule has 0 aromatic rings. The maximum atomic E-state index is 11.6. The summed E-state index contributed by atoms with van der Waals surface area (Å²) in [6, 6.07) is -0.138. The fourth-order valence-corrected chi connectivity index (χ4v) is 3.39. The highest BCUT2D eigenvalue weighted by atomic mass is 32.2. The summed E-state index contributed by atoms with van der Waals surface area (Å²) in [5.41, 5.74) is 0. The molecule has 1 aliphatic heterocycles. The molecule has 1 N–H and O–H groups in total. The number of rotatable bonds is 3. The number of carbonyl (C=O) groups is 1. The minimum Gasteiger partial charge on any atom is -0.468 e. The van der Waals surface area contributed by atoms with Gasteiger partial charge >= 0.3 is 5.97 Å². The summed E-state index contributed by atoms with van der Waals surface area (Å²) in [7, 11) is 1.46. The van der Waals surface area contributed by atoms with Crippen molar-refractivity contribution in [3.63, 3.8) is 0 Å². The van der Waals surface area contributed by atoms with Crippen LogP contribution in [-0.2, 0) is 9.53 Å². The average Bonchev–Trinajstić information content (AvgIpc) is 2.27. The van der Waals surface area contributed by atoms with Gasteiger partial charge in [0.2, 0.25) is 0 Å².